The molecule has 0 bridgehead atoms. The lowest BCUT2D eigenvalue weighted by Gasteiger charge is -2.32. The first kappa shape index (κ1) is 17.6. The number of rotatable bonds is 5. The van der Waals surface area contributed by atoms with Crippen LogP contribution in [0.25, 0.3) is 0 Å². The van der Waals surface area contributed by atoms with Crippen LogP contribution in [0.2, 0.25) is 5.02 Å². The SMILES string of the molecule is O=C(NCc1ccc(Cl)cn1)NC1CCN(Cc2ccncc2)CC1. The molecule has 3 rings (SSSR count). The van der Waals surface area contributed by atoms with Crippen LogP contribution in [0.15, 0.2) is 42.9 Å². The number of pyridine rings is 2. The number of nitrogens with zero attached hydrogens (tertiary/aromatic N) is 3. The van der Waals surface area contributed by atoms with E-state index in [1.807, 2.05) is 24.5 Å². The fourth-order valence-electron chi connectivity index (χ4n) is 2.90. The van der Waals surface area contributed by atoms with E-state index in [1.165, 1.54) is 5.56 Å². The zero-order valence-corrected chi connectivity index (χ0v) is 14.7. The number of hydrogen-bond acceptors (Lipinski definition) is 4. The molecule has 2 aromatic rings. The third-order valence-corrected chi connectivity index (χ3v) is 4.52. The summed E-state index contributed by atoms with van der Waals surface area (Å²) in [4.78, 5) is 22.6. The van der Waals surface area contributed by atoms with Crippen LogP contribution in [-0.4, -0.2) is 40.0 Å². The van der Waals surface area contributed by atoms with Crippen molar-refractivity contribution in [3.8, 4) is 0 Å². The van der Waals surface area contributed by atoms with Crippen molar-refractivity contribution < 1.29 is 4.79 Å². The lowest BCUT2D eigenvalue weighted by molar-refractivity contribution is 0.186. The summed E-state index contributed by atoms with van der Waals surface area (Å²) in [5, 5.41) is 6.47. The average Bonchev–Trinajstić information content (AvgIpc) is 2.64. The number of hydrogen-bond donors (Lipinski definition) is 2. The smallest absolute Gasteiger partial charge is 0.315 e. The summed E-state index contributed by atoms with van der Waals surface area (Å²) in [6.45, 7) is 3.28. The molecule has 1 saturated heterocycles. The van der Waals surface area contributed by atoms with Gasteiger partial charge in [0.1, 0.15) is 0 Å². The molecule has 1 aliphatic heterocycles. The molecular weight excluding hydrogens is 338 g/mol. The maximum atomic E-state index is 12.0. The minimum absolute atomic E-state index is 0.149. The van der Waals surface area contributed by atoms with Crippen LogP contribution in [-0.2, 0) is 13.1 Å². The van der Waals surface area contributed by atoms with Crippen LogP contribution in [0.3, 0.4) is 0 Å². The second-order valence-electron chi connectivity index (χ2n) is 6.20. The predicted molar refractivity (Wildman–Crippen MR) is 97.2 cm³/mol. The molecule has 0 aliphatic carbocycles. The first-order valence-corrected chi connectivity index (χ1v) is 8.83. The largest absolute Gasteiger partial charge is 0.335 e. The van der Waals surface area contributed by atoms with Crippen LogP contribution in [0, 0.1) is 0 Å². The first-order valence-electron chi connectivity index (χ1n) is 8.45. The van der Waals surface area contributed by atoms with E-state index in [-0.39, 0.29) is 12.1 Å². The van der Waals surface area contributed by atoms with Crippen LogP contribution < -0.4 is 10.6 Å². The number of nitrogens with one attached hydrogen (secondary N) is 2. The Hall–Kier alpha value is -2.18. The van der Waals surface area contributed by atoms with Gasteiger partial charge in [-0.25, -0.2) is 4.79 Å². The van der Waals surface area contributed by atoms with Crippen molar-refractivity contribution in [1.29, 1.82) is 0 Å². The van der Waals surface area contributed by atoms with Gasteiger partial charge in [-0.3, -0.25) is 14.9 Å². The number of likely N-dealkylation sites (tertiary alicyclic amines) is 1. The fraction of sp³-hybridized carbons (Fsp3) is 0.389. The van der Waals surface area contributed by atoms with Crippen LogP contribution in [0.1, 0.15) is 24.1 Å². The highest BCUT2D eigenvalue weighted by molar-refractivity contribution is 6.30. The van der Waals surface area contributed by atoms with Gasteiger partial charge in [-0.15, -0.1) is 0 Å². The molecule has 25 heavy (non-hydrogen) atoms. The van der Waals surface area contributed by atoms with Crippen molar-refractivity contribution in [2.75, 3.05) is 13.1 Å². The molecule has 2 N–H and O–H groups in total. The molecule has 1 aliphatic rings. The number of urea groups is 1. The highest BCUT2D eigenvalue weighted by Gasteiger charge is 2.20. The van der Waals surface area contributed by atoms with Crippen LogP contribution >= 0.6 is 11.6 Å². The van der Waals surface area contributed by atoms with Crippen LogP contribution in [0.5, 0.6) is 0 Å². The summed E-state index contributed by atoms with van der Waals surface area (Å²) in [6.07, 6.45) is 7.14. The number of amides is 2. The number of carbonyl (C=O) groups excluding carboxylic acids is 1. The Balaban J connectivity index is 1.36. The minimum atomic E-state index is -0.149. The zero-order chi connectivity index (χ0) is 17.5. The Labute approximate surface area is 152 Å². The van der Waals surface area contributed by atoms with Gasteiger partial charge in [0.15, 0.2) is 0 Å². The van der Waals surface area contributed by atoms with E-state index >= 15 is 0 Å². The molecule has 0 spiro atoms. The highest BCUT2D eigenvalue weighted by Crippen LogP contribution is 2.13. The fourth-order valence-corrected chi connectivity index (χ4v) is 3.01. The van der Waals surface area contributed by atoms with E-state index < -0.39 is 0 Å². The molecule has 0 radical (unpaired) electrons. The standard InChI is InChI=1S/C18H22ClN5O/c19-15-1-2-17(21-11-15)12-22-18(25)23-16-5-9-24(10-6-16)13-14-3-7-20-8-4-14/h1-4,7-8,11,16H,5-6,9-10,12-13H2,(H2,22,23,25). The lowest BCUT2D eigenvalue weighted by Crippen LogP contribution is -2.47. The lowest BCUT2D eigenvalue weighted by atomic mass is 10.0. The van der Waals surface area contributed by atoms with Crippen molar-refractivity contribution in [3.63, 3.8) is 0 Å². The van der Waals surface area contributed by atoms with Crippen molar-refractivity contribution in [2.45, 2.75) is 32.0 Å². The van der Waals surface area contributed by atoms with Crippen LogP contribution in [0.4, 0.5) is 4.79 Å². The first-order chi connectivity index (χ1) is 12.2. The van der Waals surface area contributed by atoms with Gasteiger partial charge < -0.3 is 10.6 Å². The van der Waals surface area contributed by atoms with Crippen molar-refractivity contribution in [2.24, 2.45) is 0 Å². The third kappa shape index (κ3) is 5.69. The normalized spacial score (nSPS) is 15.7. The van der Waals surface area contributed by atoms with Gasteiger partial charge in [0.2, 0.25) is 0 Å². The summed E-state index contributed by atoms with van der Waals surface area (Å²) in [7, 11) is 0. The quantitative estimate of drug-likeness (QED) is 0.860. The maximum Gasteiger partial charge on any atom is 0.315 e. The van der Waals surface area contributed by atoms with Crippen molar-refractivity contribution >= 4 is 17.6 Å². The molecule has 3 heterocycles. The molecule has 132 valence electrons. The van der Waals surface area contributed by atoms with E-state index in [0.717, 1.165) is 38.2 Å². The Morgan fingerprint density at radius 2 is 1.96 bits per heavy atom. The van der Waals surface area contributed by atoms with E-state index in [9.17, 15) is 4.79 Å². The van der Waals surface area contributed by atoms with Gasteiger partial charge in [0.05, 0.1) is 17.3 Å². The molecule has 6 nitrogen and oxygen atoms in total. The maximum absolute atomic E-state index is 12.0. The number of aromatic nitrogens is 2. The minimum Gasteiger partial charge on any atom is -0.335 e. The molecule has 0 saturated carbocycles. The van der Waals surface area contributed by atoms with Gasteiger partial charge in [0.25, 0.3) is 0 Å². The van der Waals surface area contributed by atoms with Gasteiger partial charge in [0, 0.05) is 44.3 Å². The zero-order valence-electron chi connectivity index (χ0n) is 14.0. The number of halogens is 1. The van der Waals surface area contributed by atoms with Gasteiger partial charge in [-0.2, -0.15) is 0 Å². The van der Waals surface area contributed by atoms with E-state index in [4.69, 9.17) is 11.6 Å². The summed E-state index contributed by atoms with van der Waals surface area (Å²) in [5.74, 6) is 0. The second-order valence-corrected chi connectivity index (χ2v) is 6.64. The van der Waals surface area contributed by atoms with Gasteiger partial charge in [-0.1, -0.05) is 11.6 Å². The molecule has 0 atom stereocenters. The summed E-state index contributed by atoms with van der Waals surface area (Å²) in [5.41, 5.74) is 2.06. The third-order valence-electron chi connectivity index (χ3n) is 4.30. The Kier molecular flexibility index (Phi) is 6.19. The molecule has 0 unspecified atom stereocenters. The van der Waals surface area contributed by atoms with E-state index in [2.05, 4.69) is 25.5 Å². The number of piperidine rings is 1. The molecule has 7 heteroatoms. The summed E-state index contributed by atoms with van der Waals surface area (Å²) in [6, 6.07) is 7.73. The molecule has 2 aromatic heterocycles. The van der Waals surface area contributed by atoms with Gasteiger partial charge in [-0.05, 0) is 42.7 Å². The number of carbonyl (C=O) groups is 1. The molecule has 0 aromatic carbocycles. The average molecular weight is 360 g/mol. The Morgan fingerprint density at radius 1 is 1.20 bits per heavy atom. The second kappa shape index (κ2) is 8.78. The Morgan fingerprint density at radius 3 is 2.64 bits per heavy atom. The highest BCUT2D eigenvalue weighted by atomic mass is 35.5. The summed E-state index contributed by atoms with van der Waals surface area (Å²) >= 11 is 5.80. The molecular formula is C18H22ClN5O. The predicted octanol–water partition coefficient (Wildman–Crippen LogP) is 2.59. The van der Waals surface area contributed by atoms with E-state index in [1.54, 1.807) is 18.3 Å². The topological polar surface area (TPSA) is 70.2 Å². The van der Waals surface area contributed by atoms with E-state index in [0.29, 0.717) is 11.6 Å². The van der Waals surface area contributed by atoms with Gasteiger partial charge >= 0.3 is 6.03 Å². The molecule has 1 fully saturated rings. The van der Waals surface area contributed by atoms with Crippen molar-refractivity contribution in [3.05, 3.63) is 59.1 Å². The summed E-state index contributed by atoms with van der Waals surface area (Å²) < 4.78 is 0. The van der Waals surface area contributed by atoms with Crippen molar-refractivity contribution in [1.82, 2.24) is 25.5 Å². The molecule has 2 amide bonds. The Bertz CT molecular complexity index is 672. The monoisotopic (exact) mass is 359 g/mol.